The first kappa shape index (κ1) is 9.36. The van der Waals surface area contributed by atoms with Gasteiger partial charge in [-0.15, -0.1) is 11.3 Å². The lowest BCUT2D eigenvalue weighted by Gasteiger charge is -2.04. The standard InChI is InChI=1S/C10H9ClN2OS/c11-10-12-8(14-5-6-1-2-6)7-3-4-15-9(7)13-10/h3-4,6H,1-2,5H2. The summed E-state index contributed by atoms with van der Waals surface area (Å²) in [7, 11) is 0. The molecule has 5 heteroatoms. The van der Waals surface area contributed by atoms with Gasteiger partial charge in [0.2, 0.25) is 11.2 Å². The molecule has 1 aliphatic rings. The number of nitrogens with zero attached hydrogens (tertiary/aromatic N) is 2. The van der Waals surface area contributed by atoms with Crippen molar-refractivity contribution < 1.29 is 4.74 Å². The van der Waals surface area contributed by atoms with E-state index >= 15 is 0 Å². The fourth-order valence-corrected chi connectivity index (χ4v) is 2.36. The van der Waals surface area contributed by atoms with Crippen molar-refractivity contribution in [2.45, 2.75) is 12.8 Å². The van der Waals surface area contributed by atoms with Crippen LogP contribution < -0.4 is 4.74 Å². The Labute approximate surface area is 96.1 Å². The molecule has 0 atom stereocenters. The predicted octanol–water partition coefficient (Wildman–Crippen LogP) is 3.13. The first-order chi connectivity index (χ1) is 7.33. The molecule has 2 heterocycles. The van der Waals surface area contributed by atoms with E-state index in [1.807, 2.05) is 11.4 Å². The Kier molecular flexibility index (Phi) is 2.25. The average Bonchev–Trinajstić information content (AvgIpc) is 2.92. The first-order valence-electron chi connectivity index (χ1n) is 4.86. The van der Waals surface area contributed by atoms with Gasteiger partial charge in [-0.2, -0.15) is 4.98 Å². The fraction of sp³-hybridized carbons (Fsp3) is 0.400. The van der Waals surface area contributed by atoms with E-state index in [1.54, 1.807) is 11.3 Å². The van der Waals surface area contributed by atoms with E-state index in [2.05, 4.69) is 9.97 Å². The Morgan fingerprint density at radius 3 is 3.13 bits per heavy atom. The maximum atomic E-state index is 5.82. The summed E-state index contributed by atoms with van der Waals surface area (Å²) in [4.78, 5) is 9.13. The van der Waals surface area contributed by atoms with Crippen molar-refractivity contribution in [3.63, 3.8) is 0 Å². The van der Waals surface area contributed by atoms with Crippen LogP contribution in [0.4, 0.5) is 0 Å². The van der Waals surface area contributed by atoms with Gasteiger partial charge in [-0.1, -0.05) is 0 Å². The van der Waals surface area contributed by atoms with Gasteiger partial charge in [0.15, 0.2) is 0 Å². The van der Waals surface area contributed by atoms with E-state index in [-0.39, 0.29) is 5.28 Å². The number of ether oxygens (including phenoxy) is 1. The molecule has 0 amide bonds. The third-order valence-corrected chi connectivity index (χ3v) is 3.39. The second-order valence-corrected chi connectivity index (χ2v) is 4.92. The highest BCUT2D eigenvalue weighted by molar-refractivity contribution is 7.16. The number of rotatable bonds is 3. The number of hydrogen-bond donors (Lipinski definition) is 0. The van der Waals surface area contributed by atoms with E-state index in [0.717, 1.165) is 16.8 Å². The van der Waals surface area contributed by atoms with Crippen LogP contribution in [-0.4, -0.2) is 16.6 Å². The van der Waals surface area contributed by atoms with Gasteiger partial charge in [0.1, 0.15) is 4.83 Å². The quantitative estimate of drug-likeness (QED) is 0.774. The van der Waals surface area contributed by atoms with Crippen molar-refractivity contribution in [1.29, 1.82) is 0 Å². The van der Waals surface area contributed by atoms with Gasteiger partial charge in [0.25, 0.3) is 0 Å². The van der Waals surface area contributed by atoms with Crippen LogP contribution >= 0.6 is 22.9 Å². The molecular weight excluding hydrogens is 232 g/mol. The zero-order valence-electron chi connectivity index (χ0n) is 7.94. The van der Waals surface area contributed by atoms with Crippen LogP contribution in [0.1, 0.15) is 12.8 Å². The highest BCUT2D eigenvalue weighted by Gasteiger charge is 2.22. The van der Waals surface area contributed by atoms with Crippen molar-refractivity contribution in [2.24, 2.45) is 5.92 Å². The molecule has 0 unspecified atom stereocenters. The van der Waals surface area contributed by atoms with E-state index < -0.39 is 0 Å². The van der Waals surface area contributed by atoms with Crippen molar-refractivity contribution in [2.75, 3.05) is 6.61 Å². The van der Waals surface area contributed by atoms with Crippen LogP contribution in [0, 0.1) is 5.92 Å². The minimum Gasteiger partial charge on any atom is -0.477 e. The topological polar surface area (TPSA) is 35.0 Å². The summed E-state index contributed by atoms with van der Waals surface area (Å²) >= 11 is 7.37. The van der Waals surface area contributed by atoms with Gasteiger partial charge < -0.3 is 4.74 Å². The molecule has 0 aliphatic heterocycles. The van der Waals surface area contributed by atoms with Crippen molar-refractivity contribution >= 4 is 33.2 Å². The zero-order valence-corrected chi connectivity index (χ0v) is 9.51. The maximum Gasteiger partial charge on any atom is 0.227 e. The van der Waals surface area contributed by atoms with Gasteiger partial charge in [0.05, 0.1) is 12.0 Å². The average molecular weight is 241 g/mol. The maximum absolute atomic E-state index is 5.82. The smallest absolute Gasteiger partial charge is 0.227 e. The van der Waals surface area contributed by atoms with Crippen LogP contribution in [0.5, 0.6) is 5.88 Å². The Morgan fingerprint density at radius 2 is 2.33 bits per heavy atom. The summed E-state index contributed by atoms with van der Waals surface area (Å²) in [5.74, 6) is 1.34. The lowest BCUT2D eigenvalue weighted by molar-refractivity contribution is 0.292. The summed E-state index contributed by atoms with van der Waals surface area (Å²) in [5, 5.41) is 3.19. The second kappa shape index (κ2) is 3.61. The van der Waals surface area contributed by atoms with Gasteiger partial charge in [-0.3, -0.25) is 0 Å². The van der Waals surface area contributed by atoms with E-state index in [4.69, 9.17) is 16.3 Å². The van der Waals surface area contributed by atoms with Crippen molar-refractivity contribution in [3.8, 4) is 5.88 Å². The zero-order chi connectivity index (χ0) is 10.3. The Balaban J connectivity index is 1.95. The molecule has 1 aliphatic carbocycles. The molecule has 2 aromatic rings. The fourth-order valence-electron chi connectivity index (χ4n) is 1.39. The molecule has 0 aromatic carbocycles. The molecule has 1 saturated carbocycles. The van der Waals surface area contributed by atoms with Crippen molar-refractivity contribution in [1.82, 2.24) is 9.97 Å². The summed E-state index contributed by atoms with van der Waals surface area (Å²) in [6.45, 7) is 0.748. The number of hydrogen-bond acceptors (Lipinski definition) is 4. The van der Waals surface area contributed by atoms with Crippen LogP contribution in [-0.2, 0) is 0 Å². The van der Waals surface area contributed by atoms with Crippen LogP contribution in [0.15, 0.2) is 11.4 Å². The molecule has 78 valence electrons. The summed E-state index contributed by atoms with van der Waals surface area (Å²) in [5.41, 5.74) is 0. The van der Waals surface area contributed by atoms with E-state index in [1.165, 1.54) is 12.8 Å². The monoisotopic (exact) mass is 240 g/mol. The van der Waals surface area contributed by atoms with Gasteiger partial charge in [0, 0.05) is 0 Å². The Morgan fingerprint density at radius 1 is 1.47 bits per heavy atom. The first-order valence-corrected chi connectivity index (χ1v) is 6.12. The Hall–Kier alpha value is -0.870. The summed E-state index contributed by atoms with van der Waals surface area (Å²) in [6, 6.07) is 1.97. The highest BCUT2D eigenvalue weighted by atomic mass is 35.5. The van der Waals surface area contributed by atoms with Gasteiger partial charge >= 0.3 is 0 Å². The number of thiophene rings is 1. The van der Waals surface area contributed by atoms with Crippen LogP contribution in [0.2, 0.25) is 5.28 Å². The molecule has 1 fully saturated rings. The minimum atomic E-state index is 0.260. The van der Waals surface area contributed by atoms with Crippen molar-refractivity contribution in [3.05, 3.63) is 16.7 Å². The van der Waals surface area contributed by atoms with E-state index in [9.17, 15) is 0 Å². The number of fused-ring (bicyclic) bond motifs is 1. The number of halogens is 1. The minimum absolute atomic E-state index is 0.260. The molecule has 0 spiro atoms. The lowest BCUT2D eigenvalue weighted by atomic mass is 10.4. The molecule has 0 bridgehead atoms. The SMILES string of the molecule is Clc1nc(OCC2CC2)c2ccsc2n1. The van der Waals surface area contributed by atoms with Crippen LogP contribution in [0.3, 0.4) is 0 Å². The summed E-state index contributed by atoms with van der Waals surface area (Å²) < 4.78 is 5.65. The van der Waals surface area contributed by atoms with Crippen LogP contribution in [0.25, 0.3) is 10.2 Å². The molecule has 0 N–H and O–H groups in total. The number of aromatic nitrogens is 2. The second-order valence-electron chi connectivity index (χ2n) is 3.69. The third kappa shape index (κ3) is 1.92. The molecule has 0 radical (unpaired) electrons. The molecule has 3 nitrogen and oxygen atoms in total. The Bertz CT molecular complexity index is 495. The highest BCUT2D eigenvalue weighted by Crippen LogP contribution is 2.32. The molecule has 0 saturated heterocycles. The third-order valence-electron chi connectivity index (χ3n) is 2.42. The van der Waals surface area contributed by atoms with Gasteiger partial charge in [-0.25, -0.2) is 4.98 Å². The predicted molar refractivity (Wildman–Crippen MR) is 60.6 cm³/mol. The molecule has 15 heavy (non-hydrogen) atoms. The lowest BCUT2D eigenvalue weighted by Crippen LogP contribution is -2.01. The molecule has 3 rings (SSSR count). The van der Waals surface area contributed by atoms with E-state index in [0.29, 0.717) is 11.8 Å². The summed E-state index contributed by atoms with van der Waals surface area (Å²) in [6.07, 6.45) is 2.54. The largest absolute Gasteiger partial charge is 0.477 e. The molecule has 2 aromatic heterocycles. The molecular formula is C10H9ClN2OS. The van der Waals surface area contributed by atoms with Gasteiger partial charge in [-0.05, 0) is 41.8 Å². The normalized spacial score (nSPS) is 15.8.